The summed E-state index contributed by atoms with van der Waals surface area (Å²) in [6.07, 6.45) is 0. The summed E-state index contributed by atoms with van der Waals surface area (Å²) in [6, 6.07) is 14.2. The quantitative estimate of drug-likeness (QED) is 0.706. The van der Waals surface area contributed by atoms with Gasteiger partial charge in [0.15, 0.2) is 5.82 Å². The van der Waals surface area contributed by atoms with Gasteiger partial charge in [0.2, 0.25) is 11.9 Å². The van der Waals surface area contributed by atoms with Crippen LogP contribution in [0.3, 0.4) is 0 Å². The molecule has 1 amide bonds. The maximum atomic E-state index is 12.2. The summed E-state index contributed by atoms with van der Waals surface area (Å²) in [4.78, 5) is 16.8. The molecular formula is C20H18ClN5O2. The Kier molecular flexibility index (Phi) is 4.52. The van der Waals surface area contributed by atoms with Gasteiger partial charge in [-0.15, -0.1) is 5.10 Å². The van der Waals surface area contributed by atoms with E-state index in [4.69, 9.17) is 22.1 Å². The second-order valence-electron chi connectivity index (χ2n) is 6.42. The molecule has 0 radical (unpaired) electrons. The van der Waals surface area contributed by atoms with Gasteiger partial charge in [-0.2, -0.15) is 4.98 Å². The number of benzene rings is 2. The number of primary amides is 1. The van der Waals surface area contributed by atoms with Crippen LogP contribution in [0.1, 0.15) is 18.5 Å². The second-order valence-corrected chi connectivity index (χ2v) is 6.85. The Morgan fingerprint density at radius 2 is 2.00 bits per heavy atom. The second kappa shape index (κ2) is 7.01. The SMILES string of the molecule is COc1ccc(C2C(C(N)=O)=C(C)Nc3nc(-c4cccc(Cl)c4)nn32)cc1. The van der Waals surface area contributed by atoms with Crippen LogP contribution in [0.15, 0.2) is 59.8 Å². The van der Waals surface area contributed by atoms with Gasteiger partial charge in [0, 0.05) is 16.3 Å². The predicted molar refractivity (Wildman–Crippen MR) is 107 cm³/mol. The predicted octanol–water partition coefficient (Wildman–Crippen LogP) is 3.38. The Bertz CT molecular complexity index is 1090. The van der Waals surface area contributed by atoms with Crippen LogP contribution in [0.25, 0.3) is 11.4 Å². The Balaban J connectivity index is 1.86. The highest BCUT2D eigenvalue weighted by Crippen LogP contribution is 2.36. The zero-order valence-corrected chi connectivity index (χ0v) is 16.1. The zero-order chi connectivity index (χ0) is 19.8. The highest BCUT2D eigenvalue weighted by molar-refractivity contribution is 6.30. The maximum absolute atomic E-state index is 12.2. The van der Waals surface area contributed by atoms with Crippen molar-refractivity contribution in [2.75, 3.05) is 12.4 Å². The molecule has 8 heteroatoms. The molecule has 7 nitrogen and oxygen atoms in total. The van der Waals surface area contributed by atoms with Gasteiger partial charge >= 0.3 is 0 Å². The molecule has 1 unspecified atom stereocenters. The number of allylic oxidation sites excluding steroid dienone is 1. The lowest BCUT2D eigenvalue weighted by molar-refractivity contribution is -0.115. The minimum atomic E-state index is -0.517. The number of ether oxygens (including phenoxy) is 1. The molecule has 0 saturated carbocycles. The van der Waals surface area contributed by atoms with Crippen LogP contribution in [0.2, 0.25) is 5.02 Å². The van der Waals surface area contributed by atoms with E-state index in [0.29, 0.717) is 28.1 Å². The normalized spacial score (nSPS) is 15.8. The lowest BCUT2D eigenvalue weighted by atomic mass is 9.95. The van der Waals surface area contributed by atoms with Crippen molar-refractivity contribution < 1.29 is 9.53 Å². The largest absolute Gasteiger partial charge is 0.497 e. The van der Waals surface area contributed by atoms with Crippen molar-refractivity contribution in [2.45, 2.75) is 13.0 Å². The van der Waals surface area contributed by atoms with Crippen LogP contribution in [0.5, 0.6) is 5.75 Å². The van der Waals surface area contributed by atoms with E-state index >= 15 is 0 Å². The number of hydrogen-bond acceptors (Lipinski definition) is 5. The molecule has 1 atom stereocenters. The number of methoxy groups -OCH3 is 1. The molecule has 0 aliphatic carbocycles. The molecule has 1 aliphatic heterocycles. The summed E-state index contributed by atoms with van der Waals surface area (Å²) in [5.41, 5.74) is 8.40. The maximum Gasteiger partial charge on any atom is 0.248 e. The zero-order valence-electron chi connectivity index (χ0n) is 15.3. The van der Waals surface area contributed by atoms with Crippen molar-refractivity contribution in [3.63, 3.8) is 0 Å². The minimum absolute atomic E-state index is 0.431. The average Bonchev–Trinajstić information content (AvgIpc) is 3.10. The molecule has 2 aromatic carbocycles. The molecule has 0 bridgehead atoms. The van der Waals surface area contributed by atoms with Crippen molar-refractivity contribution in [3.8, 4) is 17.1 Å². The molecule has 28 heavy (non-hydrogen) atoms. The molecule has 3 aromatic rings. The molecule has 2 heterocycles. The Hall–Kier alpha value is -3.32. The van der Waals surface area contributed by atoms with Crippen molar-refractivity contribution >= 4 is 23.5 Å². The summed E-state index contributed by atoms with van der Waals surface area (Å²) in [5.74, 6) is 1.23. The number of aromatic nitrogens is 3. The molecule has 3 N–H and O–H groups in total. The van der Waals surface area contributed by atoms with Crippen molar-refractivity contribution in [1.82, 2.24) is 14.8 Å². The number of rotatable bonds is 4. The molecule has 4 rings (SSSR count). The summed E-state index contributed by atoms with van der Waals surface area (Å²) >= 11 is 6.10. The van der Waals surface area contributed by atoms with Gasteiger partial charge in [0.25, 0.3) is 0 Å². The molecule has 0 spiro atoms. The summed E-state index contributed by atoms with van der Waals surface area (Å²) in [6.45, 7) is 1.80. The first-order valence-corrected chi connectivity index (χ1v) is 8.99. The third-order valence-electron chi connectivity index (χ3n) is 4.63. The van der Waals surface area contributed by atoms with Gasteiger partial charge in [-0.25, -0.2) is 4.68 Å². The molecule has 0 saturated heterocycles. The Morgan fingerprint density at radius 3 is 2.64 bits per heavy atom. The summed E-state index contributed by atoms with van der Waals surface area (Å²) in [5, 5.41) is 8.36. The summed E-state index contributed by atoms with van der Waals surface area (Å²) in [7, 11) is 1.60. The van der Waals surface area contributed by atoms with Gasteiger partial charge in [-0.1, -0.05) is 35.9 Å². The van der Waals surface area contributed by atoms with Crippen LogP contribution in [0, 0.1) is 0 Å². The number of halogens is 1. The Morgan fingerprint density at radius 1 is 1.25 bits per heavy atom. The fourth-order valence-corrected chi connectivity index (χ4v) is 3.50. The van der Waals surface area contributed by atoms with Gasteiger partial charge in [0.05, 0.1) is 12.7 Å². The van der Waals surface area contributed by atoms with Gasteiger partial charge < -0.3 is 15.8 Å². The number of hydrogen-bond donors (Lipinski definition) is 2. The van der Waals surface area contributed by atoms with Crippen LogP contribution >= 0.6 is 11.6 Å². The minimum Gasteiger partial charge on any atom is -0.497 e. The van der Waals surface area contributed by atoms with E-state index in [1.807, 2.05) is 36.4 Å². The molecule has 142 valence electrons. The molecule has 1 aromatic heterocycles. The number of fused-ring (bicyclic) bond motifs is 1. The average molecular weight is 396 g/mol. The van der Waals surface area contributed by atoms with Crippen LogP contribution in [-0.4, -0.2) is 27.8 Å². The third kappa shape index (κ3) is 3.10. The number of anilines is 1. The topological polar surface area (TPSA) is 95.1 Å². The lowest BCUT2D eigenvalue weighted by Gasteiger charge is -2.27. The highest BCUT2D eigenvalue weighted by atomic mass is 35.5. The van der Waals surface area contributed by atoms with Crippen LogP contribution < -0.4 is 15.8 Å². The first-order chi connectivity index (χ1) is 13.5. The number of carbonyl (C=O) groups excluding carboxylic acids is 1. The van der Waals surface area contributed by atoms with Gasteiger partial charge in [-0.3, -0.25) is 4.79 Å². The van der Waals surface area contributed by atoms with E-state index in [0.717, 1.165) is 16.9 Å². The molecule has 0 fully saturated rings. The van der Waals surface area contributed by atoms with Crippen molar-refractivity contribution in [1.29, 1.82) is 0 Å². The first kappa shape index (κ1) is 18.1. The molecule has 1 aliphatic rings. The van der Waals surface area contributed by atoms with E-state index in [1.165, 1.54) is 0 Å². The van der Waals surface area contributed by atoms with Crippen LogP contribution in [-0.2, 0) is 4.79 Å². The number of nitrogens with two attached hydrogens (primary N) is 1. The van der Waals surface area contributed by atoms with E-state index in [9.17, 15) is 4.79 Å². The van der Waals surface area contributed by atoms with E-state index in [1.54, 1.807) is 30.8 Å². The smallest absolute Gasteiger partial charge is 0.248 e. The van der Waals surface area contributed by atoms with E-state index in [-0.39, 0.29) is 0 Å². The van der Waals surface area contributed by atoms with Crippen LogP contribution in [0.4, 0.5) is 5.95 Å². The number of amides is 1. The fourth-order valence-electron chi connectivity index (χ4n) is 3.31. The van der Waals surface area contributed by atoms with E-state index in [2.05, 4.69) is 15.4 Å². The van der Waals surface area contributed by atoms with Gasteiger partial charge in [-0.05, 0) is 36.8 Å². The van der Waals surface area contributed by atoms with Crippen molar-refractivity contribution in [3.05, 3.63) is 70.4 Å². The lowest BCUT2D eigenvalue weighted by Crippen LogP contribution is -2.31. The van der Waals surface area contributed by atoms with Crippen molar-refractivity contribution in [2.24, 2.45) is 5.73 Å². The van der Waals surface area contributed by atoms with E-state index < -0.39 is 11.9 Å². The van der Waals surface area contributed by atoms with Gasteiger partial charge in [0.1, 0.15) is 11.8 Å². The number of carbonyl (C=O) groups is 1. The first-order valence-electron chi connectivity index (χ1n) is 8.62. The third-order valence-corrected chi connectivity index (χ3v) is 4.87. The molecular weight excluding hydrogens is 378 g/mol. The highest BCUT2D eigenvalue weighted by Gasteiger charge is 2.33. The standard InChI is InChI=1S/C20H18ClN5O2/c1-11-16(18(22)27)17(12-6-8-15(28-2)9-7-12)26-20(23-11)24-19(25-26)13-4-3-5-14(21)10-13/h3-10,17H,1-2H3,(H2,22,27)(H,23,24,25). The Labute approximate surface area is 166 Å². The number of nitrogens with zero attached hydrogens (tertiary/aromatic N) is 3. The monoisotopic (exact) mass is 395 g/mol. The fraction of sp³-hybridized carbons (Fsp3) is 0.150. The number of nitrogens with one attached hydrogen (secondary N) is 1. The summed E-state index contributed by atoms with van der Waals surface area (Å²) < 4.78 is 6.90.